The van der Waals surface area contributed by atoms with Crippen molar-refractivity contribution in [1.82, 2.24) is 0 Å². The zero-order chi connectivity index (χ0) is 8.65. The van der Waals surface area contributed by atoms with Gasteiger partial charge in [-0.25, -0.2) is 0 Å². The van der Waals surface area contributed by atoms with Crippen molar-refractivity contribution in [2.75, 3.05) is 6.61 Å². The van der Waals surface area contributed by atoms with Gasteiger partial charge in [-0.3, -0.25) is 0 Å². The minimum Gasteiger partial charge on any atom is -0.394 e. The van der Waals surface area contributed by atoms with Crippen LogP contribution in [-0.2, 0) is 4.74 Å². The van der Waals surface area contributed by atoms with Gasteiger partial charge in [0.25, 0.3) is 0 Å². The van der Waals surface area contributed by atoms with Crippen molar-refractivity contribution in [1.29, 1.82) is 0 Å². The Labute approximate surface area is 66.2 Å². The predicted molar refractivity (Wildman–Crippen MR) is 38.1 cm³/mol. The zero-order valence-corrected chi connectivity index (χ0v) is 6.27. The van der Waals surface area contributed by atoms with E-state index in [4.69, 9.17) is 17.7 Å². The molecular formula is C6H11BO4. The minimum atomic E-state index is -1.46. The molecule has 1 fully saturated rings. The fourth-order valence-corrected chi connectivity index (χ4v) is 1.09. The van der Waals surface area contributed by atoms with E-state index >= 15 is 0 Å². The van der Waals surface area contributed by atoms with Gasteiger partial charge in [0, 0.05) is 6.00 Å². The quantitative estimate of drug-likeness (QED) is 0.385. The van der Waals surface area contributed by atoms with Crippen molar-refractivity contribution in [2.24, 2.45) is 0 Å². The van der Waals surface area contributed by atoms with Crippen LogP contribution < -0.4 is 0 Å². The van der Waals surface area contributed by atoms with Gasteiger partial charge in [0.05, 0.1) is 6.61 Å². The number of hydrogen-bond acceptors (Lipinski definition) is 4. The van der Waals surface area contributed by atoms with E-state index in [9.17, 15) is 10.2 Å². The molecule has 0 amide bonds. The average Bonchev–Trinajstić information content (AvgIpc) is 2.14. The van der Waals surface area contributed by atoms with Crippen LogP contribution in [-0.4, -0.2) is 53.6 Å². The monoisotopic (exact) mass is 158 g/mol. The molecule has 3 N–H and O–H groups in total. The molecule has 5 heteroatoms. The topological polar surface area (TPSA) is 69.9 Å². The SMILES string of the molecule is [B]C1O[C@H](CO)[C@@H](O)[C@@]1(C)O. The van der Waals surface area contributed by atoms with Crippen LogP contribution >= 0.6 is 0 Å². The van der Waals surface area contributed by atoms with Crippen LogP contribution in [0.3, 0.4) is 0 Å². The molecule has 0 aliphatic carbocycles. The maximum Gasteiger partial charge on any atom is 0.113 e. The summed E-state index contributed by atoms with van der Waals surface area (Å²) in [4.78, 5) is 0. The Hall–Kier alpha value is -0.0951. The van der Waals surface area contributed by atoms with Gasteiger partial charge in [0.15, 0.2) is 0 Å². The van der Waals surface area contributed by atoms with Gasteiger partial charge >= 0.3 is 0 Å². The normalized spacial score (nSPS) is 51.5. The van der Waals surface area contributed by atoms with Crippen LogP contribution in [0.4, 0.5) is 0 Å². The third-order valence-corrected chi connectivity index (χ3v) is 2.03. The largest absolute Gasteiger partial charge is 0.394 e. The second kappa shape index (κ2) is 2.75. The van der Waals surface area contributed by atoms with Crippen LogP contribution in [0.1, 0.15) is 6.92 Å². The van der Waals surface area contributed by atoms with E-state index in [1.807, 2.05) is 0 Å². The molecule has 2 radical (unpaired) electrons. The lowest BCUT2D eigenvalue weighted by Gasteiger charge is -2.24. The molecule has 62 valence electrons. The summed E-state index contributed by atoms with van der Waals surface area (Å²) in [6.07, 6.45) is -1.90. The Kier molecular flexibility index (Phi) is 2.25. The standard InChI is InChI=1S/C6H11BO4/c1-6(10)4(9)3(2-8)11-5(6)7/h3-5,8-10H,2H2,1H3/t3-,4-,5?,6-/m1/s1. The zero-order valence-electron chi connectivity index (χ0n) is 6.27. The summed E-state index contributed by atoms with van der Waals surface area (Å²) in [6.45, 7) is 1.03. The molecule has 1 aliphatic heterocycles. The average molecular weight is 158 g/mol. The highest BCUT2D eigenvalue weighted by Crippen LogP contribution is 2.28. The molecule has 1 rings (SSSR count). The molecule has 0 spiro atoms. The number of aliphatic hydroxyl groups is 3. The molecule has 1 heterocycles. The van der Waals surface area contributed by atoms with E-state index in [1.54, 1.807) is 0 Å². The summed E-state index contributed by atoms with van der Waals surface area (Å²) in [7, 11) is 5.33. The molecule has 0 saturated carbocycles. The van der Waals surface area contributed by atoms with Crippen molar-refractivity contribution < 1.29 is 20.1 Å². The van der Waals surface area contributed by atoms with E-state index < -0.39 is 23.8 Å². The third-order valence-electron chi connectivity index (χ3n) is 2.03. The number of rotatable bonds is 1. The lowest BCUT2D eigenvalue weighted by Crippen LogP contribution is -2.45. The highest BCUT2D eigenvalue weighted by atomic mass is 16.6. The van der Waals surface area contributed by atoms with Crippen LogP contribution in [0, 0.1) is 0 Å². The summed E-state index contributed by atoms with van der Waals surface area (Å²) in [6, 6.07) is -0.936. The van der Waals surface area contributed by atoms with Crippen molar-refractivity contribution >= 4 is 7.85 Å². The van der Waals surface area contributed by atoms with Gasteiger partial charge in [-0.05, 0) is 6.92 Å². The molecular weight excluding hydrogens is 147 g/mol. The molecule has 1 aliphatic rings. The molecule has 1 saturated heterocycles. The highest BCUT2D eigenvalue weighted by Gasteiger charge is 2.48. The van der Waals surface area contributed by atoms with E-state index in [1.165, 1.54) is 6.92 Å². The van der Waals surface area contributed by atoms with Gasteiger partial charge in [0.1, 0.15) is 25.7 Å². The summed E-state index contributed by atoms with van der Waals surface area (Å²) in [5.74, 6) is 0. The smallest absolute Gasteiger partial charge is 0.113 e. The van der Waals surface area contributed by atoms with Crippen molar-refractivity contribution in [3.05, 3.63) is 0 Å². The molecule has 0 aromatic carbocycles. The number of ether oxygens (including phenoxy) is 1. The van der Waals surface area contributed by atoms with Crippen LogP contribution in [0.25, 0.3) is 0 Å². The third kappa shape index (κ3) is 1.29. The summed E-state index contributed by atoms with van der Waals surface area (Å²) in [5, 5.41) is 27.3. The summed E-state index contributed by atoms with van der Waals surface area (Å²) in [5.41, 5.74) is -1.46. The first-order valence-electron chi connectivity index (χ1n) is 3.42. The molecule has 0 bridgehead atoms. The van der Waals surface area contributed by atoms with E-state index in [0.29, 0.717) is 0 Å². The van der Waals surface area contributed by atoms with E-state index in [2.05, 4.69) is 0 Å². The first kappa shape index (κ1) is 9.00. The number of aliphatic hydroxyl groups excluding tert-OH is 2. The predicted octanol–water partition coefficient (Wildman–Crippen LogP) is -2.02. The Morgan fingerprint density at radius 1 is 1.64 bits per heavy atom. The van der Waals surface area contributed by atoms with Gasteiger partial charge in [-0.15, -0.1) is 0 Å². The lowest BCUT2D eigenvalue weighted by atomic mass is 9.82. The second-order valence-corrected chi connectivity index (χ2v) is 2.95. The summed E-state index contributed by atoms with van der Waals surface area (Å²) >= 11 is 0. The molecule has 0 aromatic heterocycles. The van der Waals surface area contributed by atoms with Gasteiger partial charge in [0.2, 0.25) is 0 Å². The molecule has 4 atom stereocenters. The first-order chi connectivity index (χ1) is 5.00. The van der Waals surface area contributed by atoms with Crippen molar-refractivity contribution in [3.63, 3.8) is 0 Å². The van der Waals surface area contributed by atoms with Crippen LogP contribution in [0.15, 0.2) is 0 Å². The van der Waals surface area contributed by atoms with Gasteiger partial charge < -0.3 is 20.1 Å². The molecule has 1 unspecified atom stereocenters. The minimum absolute atomic E-state index is 0.342. The fourth-order valence-electron chi connectivity index (χ4n) is 1.09. The Balaban J connectivity index is 2.71. The van der Waals surface area contributed by atoms with Crippen molar-refractivity contribution in [3.8, 4) is 0 Å². The first-order valence-corrected chi connectivity index (χ1v) is 3.42. The summed E-state index contributed by atoms with van der Waals surface area (Å²) < 4.78 is 4.87. The second-order valence-electron chi connectivity index (χ2n) is 2.95. The van der Waals surface area contributed by atoms with Crippen molar-refractivity contribution in [2.45, 2.75) is 30.7 Å². The Bertz CT molecular complexity index is 150. The number of hydrogen-bond donors (Lipinski definition) is 3. The van der Waals surface area contributed by atoms with E-state index in [0.717, 1.165) is 0 Å². The maximum absolute atomic E-state index is 9.42. The van der Waals surface area contributed by atoms with Gasteiger partial charge in [-0.1, -0.05) is 0 Å². The maximum atomic E-state index is 9.42. The lowest BCUT2D eigenvalue weighted by molar-refractivity contribution is -0.0467. The highest BCUT2D eigenvalue weighted by molar-refractivity contribution is 6.12. The molecule has 11 heavy (non-hydrogen) atoms. The Morgan fingerprint density at radius 3 is 2.36 bits per heavy atom. The molecule has 4 nitrogen and oxygen atoms in total. The van der Waals surface area contributed by atoms with Crippen LogP contribution in [0.2, 0.25) is 0 Å². The van der Waals surface area contributed by atoms with E-state index in [-0.39, 0.29) is 6.61 Å². The Morgan fingerprint density at radius 2 is 2.18 bits per heavy atom. The van der Waals surface area contributed by atoms with Gasteiger partial charge in [-0.2, -0.15) is 0 Å². The molecule has 0 aromatic rings. The fraction of sp³-hybridized carbons (Fsp3) is 1.00. The van der Waals surface area contributed by atoms with Crippen LogP contribution in [0.5, 0.6) is 0 Å².